The van der Waals surface area contributed by atoms with E-state index in [2.05, 4.69) is 0 Å². The summed E-state index contributed by atoms with van der Waals surface area (Å²) >= 11 is 0. The van der Waals surface area contributed by atoms with Crippen molar-refractivity contribution in [3.8, 4) is 0 Å². The van der Waals surface area contributed by atoms with Crippen LogP contribution in [0.4, 0.5) is 0 Å². The van der Waals surface area contributed by atoms with Crippen molar-refractivity contribution in [1.82, 2.24) is 0 Å². The zero-order valence-electron chi connectivity index (χ0n) is 5.74. The van der Waals surface area contributed by atoms with E-state index in [0.29, 0.717) is 0 Å². The first kappa shape index (κ1) is 7.75. The lowest BCUT2D eigenvalue weighted by molar-refractivity contribution is 0.874. The summed E-state index contributed by atoms with van der Waals surface area (Å²) in [4.78, 5) is 0. The fraction of sp³-hybridized carbons (Fsp3) is 1.00. The van der Waals surface area contributed by atoms with E-state index >= 15 is 0 Å². The van der Waals surface area contributed by atoms with E-state index in [4.69, 9.17) is 0 Å². The third kappa shape index (κ3) is 4.11. The molecule has 0 aromatic rings. The first-order valence-corrected chi connectivity index (χ1v) is 7.86. The Morgan fingerprint density at radius 3 is 1.78 bits per heavy atom. The maximum atomic E-state index is 1.56. The second-order valence-corrected chi connectivity index (χ2v) is 7.64. The second-order valence-electron chi connectivity index (χ2n) is 2.31. The lowest BCUT2D eigenvalue weighted by Gasteiger charge is -1.92. The lowest BCUT2D eigenvalue weighted by atomic mass is 10.4. The van der Waals surface area contributed by atoms with Gasteiger partial charge in [0, 0.05) is 28.6 Å². The monoisotopic (exact) mass is 168 g/mol. The van der Waals surface area contributed by atoms with Gasteiger partial charge in [-0.05, 0) is 0 Å². The Morgan fingerprint density at radius 2 is 1.22 bits per heavy atom. The minimum absolute atomic E-state index is 1.30. The van der Waals surface area contributed by atoms with Crippen molar-refractivity contribution in [3.63, 3.8) is 0 Å². The third-order valence-corrected chi connectivity index (χ3v) is 6.87. The molecule has 0 aliphatic carbocycles. The quantitative estimate of drug-likeness (QED) is 0.481. The molecule has 0 spiro atoms. The van der Waals surface area contributed by atoms with Crippen LogP contribution in [0.1, 0.15) is 12.8 Å². The van der Waals surface area contributed by atoms with Gasteiger partial charge in [0.05, 0.1) is 0 Å². The topological polar surface area (TPSA) is 0 Å². The standard InChI is InChI=1S/C6H12Si3/c1-2-4-8-6-9-5-7-3-1/h1-6H2. The van der Waals surface area contributed by atoms with Gasteiger partial charge in [0.15, 0.2) is 0 Å². The molecule has 0 aromatic carbocycles. The van der Waals surface area contributed by atoms with Crippen LogP contribution in [0, 0.1) is 0 Å². The van der Waals surface area contributed by atoms with E-state index in [0.717, 1.165) is 0 Å². The molecule has 1 aliphatic heterocycles. The summed E-state index contributed by atoms with van der Waals surface area (Å²) in [7, 11) is 3.92. The van der Waals surface area contributed by atoms with Gasteiger partial charge in [0.25, 0.3) is 0 Å². The van der Waals surface area contributed by atoms with E-state index in [-0.39, 0.29) is 0 Å². The highest BCUT2D eigenvalue weighted by Crippen LogP contribution is 2.04. The Labute approximate surface area is 65.3 Å². The van der Waals surface area contributed by atoms with Crippen LogP contribution in [0.25, 0.3) is 0 Å². The first-order chi connectivity index (χ1) is 4.50. The van der Waals surface area contributed by atoms with E-state index in [1.807, 2.05) is 0 Å². The molecule has 0 amide bonds. The normalized spacial score (nSPS) is 24.0. The van der Waals surface area contributed by atoms with Gasteiger partial charge >= 0.3 is 0 Å². The van der Waals surface area contributed by atoms with Crippen LogP contribution < -0.4 is 0 Å². The van der Waals surface area contributed by atoms with Crippen LogP contribution in [0.2, 0.25) is 23.4 Å². The molecule has 0 atom stereocenters. The summed E-state index contributed by atoms with van der Waals surface area (Å²) in [5, 5.41) is 0. The molecule has 0 saturated carbocycles. The summed E-state index contributed by atoms with van der Waals surface area (Å²) in [5.41, 5.74) is 3.12. The molecule has 9 heavy (non-hydrogen) atoms. The van der Waals surface area contributed by atoms with E-state index in [1.54, 1.807) is 11.3 Å². The van der Waals surface area contributed by atoms with Gasteiger partial charge in [-0.2, -0.15) is 0 Å². The highest BCUT2D eigenvalue weighted by molar-refractivity contribution is 6.64. The zero-order valence-corrected chi connectivity index (χ0v) is 8.74. The van der Waals surface area contributed by atoms with Gasteiger partial charge in [-0.3, -0.25) is 0 Å². The van der Waals surface area contributed by atoms with Crippen molar-refractivity contribution in [2.75, 3.05) is 0 Å². The molecule has 48 valence electrons. The van der Waals surface area contributed by atoms with Crippen molar-refractivity contribution in [2.45, 2.75) is 36.3 Å². The molecule has 3 heteroatoms. The Bertz CT molecular complexity index is 36.8. The van der Waals surface area contributed by atoms with Crippen LogP contribution in [0.3, 0.4) is 0 Å². The van der Waals surface area contributed by atoms with Gasteiger partial charge < -0.3 is 0 Å². The Kier molecular flexibility index (Phi) is 4.68. The molecule has 1 heterocycles. The van der Waals surface area contributed by atoms with E-state index in [1.165, 1.54) is 53.5 Å². The van der Waals surface area contributed by atoms with Crippen LogP contribution in [0.5, 0.6) is 0 Å². The largest absolute Gasteiger partial charge is 0.0693 e. The van der Waals surface area contributed by atoms with E-state index in [9.17, 15) is 0 Å². The Balaban J connectivity index is 2.02. The van der Waals surface area contributed by atoms with Crippen molar-refractivity contribution in [3.05, 3.63) is 0 Å². The minimum Gasteiger partial charge on any atom is -0.0693 e. The summed E-state index contributed by atoms with van der Waals surface area (Å²) < 4.78 is 0. The van der Waals surface area contributed by atoms with Crippen LogP contribution in [0.15, 0.2) is 0 Å². The average molecular weight is 168 g/mol. The Hall–Kier alpha value is 0.651. The second kappa shape index (κ2) is 5.44. The van der Waals surface area contributed by atoms with Gasteiger partial charge in [0.2, 0.25) is 0 Å². The van der Waals surface area contributed by atoms with Gasteiger partial charge in [-0.1, -0.05) is 36.3 Å². The number of rotatable bonds is 0. The van der Waals surface area contributed by atoms with Crippen LogP contribution in [-0.2, 0) is 0 Å². The number of hydrogen-bond donors (Lipinski definition) is 0. The molecular weight excluding hydrogens is 156 g/mol. The van der Waals surface area contributed by atoms with Crippen molar-refractivity contribution >= 4 is 28.6 Å². The van der Waals surface area contributed by atoms with Crippen LogP contribution >= 0.6 is 0 Å². The van der Waals surface area contributed by atoms with Crippen LogP contribution in [-0.4, -0.2) is 28.6 Å². The molecule has 0 nitrogen and oxygen atoms in total. The maximum absolute atomic E-state index is 1.56. The lowest BCUT2D eigenvalue weighted by Crippen LogP contribution is -1.98. The van der Waals surface area contributed by atoms with Gasteiger partial charge in [-0.15, -0.1) is 0 Å². The predicted octanol–water partition coefficient (Wildman–Crippen LogP) is 1.48. The summed E-state index contributed by atoms with van der Waals surface area (Å²) in [6, 6.07) is 3.08. The Morgan fingerprint density at radius 1 is 0.667 bits per heavy atom. The van der Waals surface area contributed by atoms with Crippen molar-refractivity contribution in [2.24, 2.45) is 0 Å². The van der Waals surface area contributed by atoms with Crippen molar-refractivity contribution in [1.29, 1.82) is 0 Å². The SMILES string of the molecule is C1CC[Si]C[Si]C[Si]C1. The minimum atomic E-state index is 1.30. The molecule has 1 saturated heterocycles. The predicted molar refractivity (Wildman–Crippen MR) is 45.7 cm³/mol. The highest BCUT2D eigenvalue weighted by Gasteiger charge is 1.98. The molecule has 1 fully saturated rings. The molecule has 1 rings (SSSR count). The fourth-order valence-corrected chi connectivity index (χ4v) is 6.37. The van der Waals surface area contributed by atoms with E-state index < -0.39 is 0 Å². The van der Waals surface area contributed by atoms with Gasteiger partial charge in [-0.25, -0.2) is 0 Å². The van der Waals surface area contributed by atoms with Crippen molar-refractivity contribution < 1.29 is 0 Å². The smallest absolute Gasteiger partial charge is 0.0342 e. The molecule has 1 aliphatic rings. The highest BCUT2D eigenvalue weighted by atomic mass is 28.3. The molecule has 0 aromatic heterocycles. The average Bonchev–Trinajstić information content (AvgIpc) is 2.00. The molecule has 0 bridgehead atoms. The zero-order chi connectivity index (χ0) is 6.36. The maximum Gasteiger partial charge on any atom is 0.0342 e. The molecule has 6 radical (unpaired) electrons. The summed E-state index contributed by atoms with van der Waals surface area (Å²) in [6.45, 7) is 0. The first-order valence-electron chi connectivity index (χ1n) is 3.62. The third-order valence-electron chi connectivity index (χ3n) is 1.46. The molecular formula is C6H12Si3. The fourth-order valence-electron chi connectivity index (χ4n) is 0.916. The number of hydrogen-bond acceptors (Lipinski definition) is 0. The summed E-state index contributed by atoms with van der Waals surface area (Å²) in [6.07, 6.45) is 3.05. The summed E-state index contributed by atoms with van der Waals surface area (Å²) in [5.74, 6) is 0. The molecule has 0 N–H and O–H groups in total. The van der Waals surface area contributed by atoms with Gasteiger partial charge in [0.1, 0.15) is 0 Å². The molecule has 0 unspecified atom stereocenters.